The number of carbonyl (C=O) groups is 1. The number of rotatable bonds is 5. The molecule has 1 atom stereocenters. The van der Waals surface area contributed by atoms with E-state index in [-0.39, 0.29) is 12.5 Å². The van der Waals surface area contributed by atoms with Gasteiger partial charge in [0, 0.05) is 5.69 Å². The Balaban J connectivity index is 1.98. The molecule has 3 N–H and O–H groups in total. The molecular formula is C16H15N3O2. The summed E-state index contributed by atoms with van der Waals surface area (Å²) < 4.78 is 5.13. The Morgan fingerprint density at radius 3 is 2.48 bits per heavy atom. The maximum Gasteiger partial charge on any atom is 0.245 e. The molecule has 2 aromatic carbocycles. The molecule has 0 bridgehead atoms. The Morgan fingerprint density at radius 1 is 1.19 bits per heavy atom. The fraction of sp³-hybridized carbons (Fsp3) is 0.125. The topological polar surface area (TPSA) is 88.1 Å². The van der Waals surface area contributed by atoms with E-state index < -0.39 is 6.04 Å². The highest BCUT2D eigenvalue weighted by atomic mass is 16.5. The molecule has 0 aliphatic carbocycles. The van der Waals surface area contributed by atoms with Crippen molar-refractivity contribution < 1.29 is 9.53 Å². The molecule has 0 spiro atoms. The Kier molecular flexibility index (Phi) is 4.91. The van der Waals surface area contributed by atoms with E-state index in [0.717, 1.165) is 5.56 Å². The summed E-state index contributed by atoms with van der Waals surface area (Å²) in [5.74, 6) is 0.286. The number of hydrogen-bond acceptors (Lipinski definition) is 4. The van der Waals surface area contributed by atoms with Crippen molar-refractivity contribution in [3.05, 3.63) is 60.2 Å². The predicted octanol–water partition coefficient (Wildman–Crippen LogP) is 2.23. The lowest BCUT2D eigenvalue weighted by Crippen LogP contribution is -2.27. The van der Waals surface area contributed by atoms with E-state index >= 15 is 0 Å². The molecule has 2 aromatic rings. The molecule has 0 fully saturated rings. The fourth-order valence-corrected chi connectivity index (χ4v) is 1.78. The summed E-state index contributed by atoms with van der Waals surface area (Å²) in [6.45, 7) is -0.00934. The predicted molar refractivity (Wildman–Crippen MR) is 79.6 cm³/mol. The molecule has 0 unspecified atom stereocenters. The number of nitrogens with zero attached hydrogens (tertiary/aromatic N) is 1. The zero-order chi connectivity index (χ0) is 15.1. The van der Waals surface area contributed by atoms with Crippen LogP contribution in [0.4, 0.5) is 5.69 Å². The zero-order valence-electron chi connectivity index (χ0n) is 11.3. The van der Waals surface area contributed by atoms with Crippen LogP contribution in [0.15, 0.2) is 54.6 Å². The monoisotopic (exact) mass is 281 g/mol. The van der Waals surface area contributed by atoms with Crippen LogP contribution in [-0.4, -0.2) is 12.5 Å². The Bertz CT molecular complexity index is 633. The third kappa shape index (κ3) is 4.06. The molecule has 21 heavy (non-hydrogen) atoms. The molecule has 2 rings (SSSR count). The lowest BCUT2D eigenvalue weighted by Gasteiger charge is -2.12. The highest BCUT2D eigenvalue weighted by Crippen LogP contribution is 2.17. The van der Waals surface area contributed by atoms with Gasteiger partial charge in [0.05, 0.1) is 0 Å². The summed E-state index contributed by atoms with van der Waals surface area (Å²) in [6.07, 6.45) is 0. The SMILES string of the molecule is N#CCOc1ccc(NC(=O)[C@H](N)c2ccccc2)cc1. The number of hydrogen-bond donors (Lipinski definition) is 2. The second-order valence-corrected chi connectivity index (χ2v) is 4.35. The molecule has 0 radical (unpaired) electrons. The quantitative estimate of drug-likeness (QED) is 0.879. The van der Waals surface area contributed by atoms with E-state index in [1.54, 1.807) is 24.3 Å². The van der Waals surface area contributed by atoms with Crippen LogP contribution in [0.1, 0.15) is 11.6 Å². The molecule has 0 aliphatic rings. The van der Waals surface area contributed by atoms with Gasteiger partial charge in [0.2, 0.25) is 5.91 Å². The number of amides is 1. The van der Waals surface area contributed by atoms with Gasteiger partial charge in [-0.05, 0) is 29.8 Å². The summed E-state index contributed by atoms with van der Waals surface area (Å²) in [4.78, 5) is 12.1. The third-order valence-corrected chi connectivity index (χ3v) is 2.87. The Hall–Kier alpha value is -2.84. The number of anilines is 1. The molecule has 0 saturated heterocycles. The maximum atomic E-state index is 12.1. The summed E-state index contributed by atoms with van der Waals surface area (Å²) in [7, 11) is 0. The molecule has 0 aromatic heterocycles. The van der Waals surface area contributed by atoms with Crippen LogP contribution < -0.4 is 15.8 Å². The minimum atomic E-state index is -0.722. The van der Waals surface area contributed by atoms with Crippen molar-refractivity contribution in [2.24, 2.45) is 5.73 Å². The molecule has 0 heterocycles. The highest BCUT2D eigenvalue weighted by molar-refractivity contribution is 5.95. The van der Waals surface area contributed by atoms with E-state index in [1.807, 2.05) is 36.4 Å². The van der Waals surface area contributed by atoms with Crippen LogP contribution in [0.3, 0.4) is 0 Å². The summed E-state index contributed by atoms with van der Waals surface area (Å²) in [6, 6.07) is 17.1. The highest BCUT2D eigenvalue weighted by Gasteiger charge is 2.15. The van der Waals surface area contributed by atoms with Crippen molar-refractivity contribution >= 4 is 11.6 Å². The van der Waals surface area contributed by atoms with Crippen molar-refractivity contribution in [2.45, 2.75) is 6.04 Å². The van der Waals surface area contributed by atoms with Gasteiger partial charge < -0.3 is 15.8 Å². The largest absolute Gasteiger partial charge is 0.479 e. The first-order chi connectivity index (χ1) is 10.2. The number of nitrogens with one attached hydrogen (secondary N) is 1. The molecule has 5 heteroatoms. The molecular weight excluding hydrogens is 266 g/mol. The number of ether oxygens (including phenoxy) is 1. The second-order valence-electron chi connectivity index (χ2n) is 4.35. The van der Waals surface area contributed by atoms with Gasteiger partial charge in [0.25, 0.3) is 0 Å². The average molecular weight is 281 g/mol. The van der Waals surface area contributed by atoms with Crippen LogP contribution in [0.5, 0.6) is 5.75 Å². The second kappa shape index (κ2) is 7.08. The van der Waals surface area contributed by atoms with Crippen molar-refractivity contribution in [3.8, 4) is 11.8 Å². The van der Waals surface area contributed by atoms with Crippen LogP contribution >= 0.6 is 0 Å². The van der Waals surface area contributed by atoms with Gasteiger partial charge >= 0.3 is 0 Å². The molecule has 0 aliphatic heterocycles. The van der Waals surface area contributed by atoms with Gasteiger partial charge in [-0.15, -0.1) is 0 Å². The standard InChI is InChI=1S/C16H15N3O2/c17-10-11-21-14-8-6-13(7-9-14)19-16(20)15(18)12-4-2-1-3-5-12/h1-9,15H,11,18H2,(H,19,20)/t15-/m1/s1. The number of carbonyl (C=O) groups excluding carboxylic acids is 1. The first-order valence-electron chi connectivity index (χ1n) is 6.42. The van der Waals surface area contributed by atoms with E-state index in [4.69, 9.17) is 15.7 Å². The molecule has 106 valence electrons. The maximum absolute atomic E-state index is 12.1. The van der Waals surface area contributed by atoms with Gasteiger partial charge in [-0.3, -0.25) is 4.79 Å². The fourth-order valence-electron chi connectivity index (χ4n) is 1.78. The van der Waals surface area contributed by atoms with Gasteiger partial charge in [-0.25, -0.2) is 0 Å². The third-order valence-electron chi connectivity index (χ3n) is 2.87. The normalized spacial score (nSPS) is 11.2. The van der Waals surface area contributed by atoms with Crippen molar-refractivity contribution in [3.63, 3.8) is 0 Å². The minimum absolute atomic E-state index is 0.00934. The van der Waals surface area contributed by atoms with Crippen molar-refractivity contribution in [2.75, 3.05) is 11.9 Å². The van der Waals surface area contributed by atoms with Crippen LogP contribution in [-0.2, 0) is 4.79 Å². The first-order valence-corrected chi connectivity index (χ1v) is 6.42. The lowest BCUT2D eigenvalue weighted by molar-refractivity contribution is -0.117. The smallest absolute Gasteiger partial charge is 0.245 e. The van der Waals surface area contributed by atoms with Crippen molar-refractivity contribution in [1.82, 2.24) is 0 Å². The van der Waals surface area contributed by atoms with Crippen LogP contribution in [0, 0.1) is 11.3 Å². The average Bonchev–Trinajstić information content (AvgIpc) is 2.54. The minimum Gasteiger partial charge on any atom is -0.479 e. The van der Waals surface area contributed by atoms with Gasteiger partial charge in [0.1, 0.15) is 17.9 Å². The van der Waals surface area contributed by atoms with Crippen molar-refractivity contribution in [1.29, 1.82) is 5.26 Å². The Labute approximate surface area is 123 Å². The molecule has 1 amide bonds. The van der Waals surface area contributed by atoms with Crippen LogP contribution in [0.2, 0.25) is 0 Å². The molecule has 0 saturated carbocycles. The van der Waals surface area contributed by atoms with E-state index in [2.05, 4.69) is 5.32 Å². The lowest BCUT2D eigenvalue weighted by atomic mass is 10.1. The van der Waals surface area contributed by atoms with Gasteiger partial charge in [0.15, 0.2) is 6.61 Å². The first kappa shape index (κ1) is 14.6. The summed E-state index contributed by atoms with van der Waals surface area (Å²) in [5, 5.41) is 11.2. The number of benzene rings is 2. The summed E-state index contributed by atoms with van der Waals surface area (Å²) in [5.41, 5.74) is 7.28. The van der Waals surface area contributed by atoms with E-state index in [1.165, 1.54) is 0 Å². The van der Waals surface area contributed by atoms with E-state index in [0.29, 0.717) is 11.4 Å². The number of nitrogens with two attached hydrogens (primary N) is 1. The number of nitriles is 1. The zero-order valence-corrected chi connectivity index (χ0v) is 11.3. The summed E-state index contributed by atoms with van der Waals surface area (Å²) >= 11 is 0. The Morgan fingerprint density at radius 2 is 1.86 bits per heavy atom. The van der Waals surface area contributed by atoms with Gasteiger partial charge in [-0.1, -0.05) is 30.3 Å². The molecule has 5 nitrogen and oxygen atoms in total. The van der Waals surface area contributed by atoms with E-state index in [9.17, 15) is 4.79 Å². The van der Waals surface area contributed by atoms with Crippen LogP contribution in [0.25, 0.3) is 0 Å². The van der Waals surface area contributed by atoms with Gasteiger partial charge in [-0.2, -0.15) is 5.26 Å².